The van der Waals surface area contributed by atoms with E-state index in [0.29, 0.717) is 6.54 Å². The number of nitrogens with zero attached hydrogens (tertiary/aromatic N) is 1. The van der Waals surface area contributed by atoms with Crippen molar-refractivity contribution in [1.29, 1.82) is 0 Å². The zero-order valence-corrected chi connectivity index (χ0v) is 14.4. The third-order valence-corrected chi connectivity index (χ3v) is 4.19. The highest BCUT2D eigenvalue weighted by Gasteiger charge is 2.21. The van der Waals surface area contributed by atoms with Crippen molar-refractivity contribution in [2.75, 3.05) is 18.9 Å². The maximum Gasteiger partial charge on any atom is 0.227 e. The van der Waals surface area contributed by atoms with E-state index in [1.807, 2.05) is 38.1 Å². The first-order chi connectivity index (χ1) is 11.1. The van der Waals surface area contributed by atoms with Crippen LogP contribution in [0, 0.1) is 11.8 Å². The lowest BCUT2D eigenvalue weighted by Crippen LogP contribution is -2.37. The van der Waals surface area contributed by atoms with Crippen molar-refractivity contribution in [1.82, 2.24) is 10.6 Å². The molecular weight excluding hydrogens is 288 g/mol. The molecule has 126 valence electrons. The molecule has 0 heterocycles. The van der Waals surface area contributed by atoms with E-state index in [-0.39, 0.29) is 11.8 Å². The topological polar surface area (TPSA) is 65.5 Å². The molecule has 5 nitrogen and oxygen atoms in total. The molecule has 0 aromatic heterocycles. The Labute approximate surface area is 139 Å². The molecule has 0 aliphatic heterocycles. The quantitative estimate of drug-likeness (QED) is 0.535. The Kier molecular flexibility index (Phi) is 6.44. The van der Waals surface area contributed by atoms with Gasteiger partial charge in [-0.25, -0.2) is 0 Å². The van der Waals surface area contributed by atoms with E-state index < -0.39 is 0 Å². The van der Waals surface area contributed by atoms with Crippen molar-refractivity contribution in [3.63, 3.8) is 0 Å². The molecule has 1 amide bonds. The monoisotopic (exact) mass is 316 g/mol. The summed E-state index contributed by atoms with van der Waals surface area (Å²) < 4.78 is 0. The van der Waals surface area contributed by atoms with Crippen LogP contribution in [-0.2, 0) is 11.3 Å². The minimum Gasteiger partial charge on any atom is -0.356 e. The van der Waals surface area contributed by atoms with Gasteiger partial charge >= 0.3 is 0 Å². The number of aliphatic imine (C=N–C) groups is 1. The zero-order chi connectivity index (χ0) is 16.7. The fourth-order valence-electron chi connectivity index (χ4n) is 2.18. The summed E-state index contributed by atoms with van der Waals surface area (Å²) in [6, 6.07) is 7.93. The molecule has 3 N–H and O–H groups in total. The van der Waals surface area contributed by atoms with Gasteiger partial charge in [0.05, 0.1) is 0 Å². The van der Waals surface area contributed by atoms with Gasteiger partial charge in [0, 0.05) is 31.7 Å². The summed E-state index contributed by atoms with van der Waals surface area (Å²) in [6.45, 7) is 5.63. The highest BCUT2D eigenvalue weighted by Crippen LogP contribution is 2.27. The molecule has 1 fully saturated rings. The summed E-state index contributed by atoms with van der Waals surface area (Å²) in [7, 11) is 1.78. The molecule has 1 aliphatic carbocycles. The lowest BCUT2D eigenvalue weighted by Gasteiger charge is -2.13. The van der Waals surface area contributed by atoms with Gasteiger partial charge in [0.2, 0.25) is 5.91 Å². The Hall–Kier alpha value is -2.04. The second-order valence-electron chi connectivity index (χ2n) is 6.25. The Balaban J connectivity index is 1.84. The van der Waals surface area contributed by atoms with Gasteiger partial charge < -0.3 is 16.0 Å². The standard InChI is InChI=1S/C18H28N4O/c1-4-13(2)17(23)22-16-7-5-6-15(10-16)12-21-18(19-3)20-11-14-8-9-14/h5-7,10,13-14H,4,8-9,11-12H2,1-3H3,(H,22,23)(H2,19,20,21). The largest absolute Gasteiger partial charge is 0.356 e. The smallest absolute Gasteiger partial charge is 0.227 e. The number of hydrogen-bond donors (Lipinski definition) is 3. The van der Waals surface area contributed by atoms with Gasteiger partial charge in [0.25, 0.3) is 0 Å². The van der Waals surface area contributed by atoms with Crippen LogP contribution < -0.4 is 16.0 Å². The van der Waals surface area contributed by atoms with Gasteiger partial charge in [-0.15, -0.1) is 0 Å². The number of guanidine groups is 1. The highest BCUT2D eigenvalue weighted by molar-refractivity contribution is 5.92. The summed E-state index contributed by atoms with van der Waals surface area (Å²) >= 11 is 0. The van der Waals surface area contributed by atoms with E-state index >= 15 is 0 Å². The molecule has 1 unspecified atom stereocenters. The van der Waals surface area contributed by atoms with Crippen molar-refractivity contribution in [2.45, 2.75) is 39.7 Å². The number of amides is 1. The number of rotatable bonds is 7. The van der Waals surface area contributed by atoms with E-state index in [4.69, 9.17) is 0 Å². The Morgan fingerprint density at radius 3 is 2.78 bits per heavy atom. The van der Waals surface area contributed by atoms with E-state index in [2.05, 4.69) is 20.9 Å². The fourth-order valence-corrected chi connectivity index (χ4v) is 2.18. The third kappa shape index (κ3) is 5.93. The van der Waals surface area contributed by atoms with Gasteiger partial charge in [0.1, 0.15) is 0 Å². The van der Waals surface area contributed by atoms with Crippen LogP contribution in [0.1, 0.15) is 38.7 Å². The molecule has 0 saturated heterocycles. The van der Waals surface area contributed by atoms with Gasteiger partial charge in [-0.05, 0) is 42.9 Å². The molecule has 1 aromatic rings. The number of carbonyl (C=O) groups is 1. The predicted molar refractivity (Wildman–Crippen MR) is 95.5 cm³/mol. The van der Waals surface area contributed by atoms with Crippen LogP contribution in [0.25, 0.3) is 0 Å². The third-order valence-electron chi connectivity index (χ3n) is 4.19. The van der Waals surface area contributed by atoms with Crippen LogP contribution in [0.3, 0.4) is 0 Å². The first kappa shape index (κ1) is 17.3. The van der Waals surface area contributed by atoms with Crippen molar-refractivity contribution in [2.24, 2.45) is 16.8 Å². The Morgan fingerprint density at radius 1 is 1.35 bits per heavy atom. The number of nitrogens with one attached hydrogen (secondary N) is 3. The summed E-state index contributed by atoms with van der Waals surface area (Å²) in [5.41, 5.74) is 1.96. The molecule has 0 bridgehead atoms. The van der Waals surface area contributed by atoms with Crippen LogP contribution in [0.4, 0.5) is 5.69 Å². The maximum absolute atomic E-state index is 12.0. The zero-order valence-electron chi connectivity index (χ0n) is 14.4. The van der Waals surface area contributed by atoms with Crippen molar-refractivity contribution >= 4 is 17.6 Å². The molecular formula is C18H28N4O. The van der Waals surface area contributed by atoms with Gasteiger partial charge in [-0.2, -0.15) is 0 Å². The SMILES string of the molecule is CCC(C)C(=O)Nc1cccc(CNC(=NC)NCC2CC2)c1. The molecule has 23 heavy (non-hydrogen) atoms. The van der Waals surface area contributed by atoms with E-state index in [0.717, 1.165) is 36.1 Å². The molecule has 1 aliphatic rings. The van der Waals surface area contributed by atoms with Crippen molar-refractivity contribution < 1.29 is 4.79 Å². The Bertz CT molecular complexity index is 552. The fraction of sp³-hybridized carbons (Fsp3) is 0.556. The molecule has 1 atom stereocenters. The Morgan fingerprint density at radius 2 is 2.13 bits per heavy atom. The average molecular weight is 316 g/mol. The van der Waals surface area contributed by atoms with Crippen LogP contribution in [0.15, 0.2) is 29.3 Å². The second kappa shape index (κ2) is 8.56. The van der Waals surface area contributed by atoms with Crippen molar-refractivity contribution in [3.05, 3.63) is 29.8 Å². The predicted octanol–water partition coefficient (Wildman–Crippen LogP) is 2.75. The number of carbonyl (C=O) groups excluding carboxylic acids is 1. The normalized spacial score (nSPS) is 15.9. The number of anilines is 1. The number of benzene rings is 1. The minimum absolute atomic E-state index is 0.0298. The first-order valence-corrected chi connectivity index (χ1v) is 8.46. The van der Waals surface area contributed by atoms with E-state index in [9.17, 15) is 4.79 Å². The summed E-state index contributed by atoms with van der Waals surface area (Å²) in [6.07, 6.45) is 3.49. The molecule has 1 aromatic carbocycles. The lowest BCUT2D eigenvalue weighted by molar-refractivity contribution is -0.119. The molecule has 1 saturated carbocycles. The van der Waals surface area contributed by atoms with Crippen LogP contribution in [0.2, 0.25) is 0 Å². The van der Waals surface area contributed by atoms with Crippen molar-refractivity contribution in [3.8, 4) is 0 Å². The minimum atomic E-state index is 0.0298. The molecule has 0 radical (unpaired) electrons. The van der Waals surface area contributed by atoms with E-state index in [1.165, 1.54) is 12.8 Å². The summed E-state index contributed by atoms with van der Waals surface area (Å²) in [5.74, 6) is 1.74. The van der Waals surface area contributed by atoms with E-state index in [1.54, 1.807) is 7.05 Å². The molecule has 0 spiro atoms. The van der Waals surface area contributed by atoms with Gasteiger partial charge in [0.15, 0.2) is 5.96 Å². The van der Waals surface area contributed by atoms with Crippen LogP contribution >= 0.6 is 0 Å². The van der Waals surface area contributed by atoms with Crippen LogP contribution in [-0.4, -0.2) is 25.5 Å². The first-order valence-electron chi connectivity index (χ1n) is 8.46. The maximum atomic E-state index is 12.0. The van der Waals surface area contributed by atoms with Crippen LogP contribution in [0.5, 0.6) is 0 Å². The lowest BCUT2D eigenvalue weighted by atomic mass is 10.1. The number of hydrogen-bond acceptors (Lipinski definition) is 2. The highest BCUT2D eigenvalue weighted by atomic mass is 16.1. The summed E-state index contributed by atoms with van der Waals surface area (Å²) in [4.78, 5) is 16.2. The molecule has 5 heteroatoms. The second-order valence-corrected chi connectivity index (χ2v) is 6.25. The average Bonchev–Trinajstić information content (AvgIpc) is 3.39. The molecule has 2 rings (SSSR count). The van der Waals surface area contributed by atoms with Gasteiger partial charge in [-0.1, -0.05) is 26.0 Å². The van der Waals surface area contributed by atoms with Gasteiger partial charge in [-0.3, -0.25) is 9.79 Å². The summed E-state index contributed by atoms with van der Waals surface area (Å²) in [5, 5.41) is 9.62.